The highest BCUT2D eigenvalue weighted by molar-refractivity contribution is 5.92. The average Bonchev–Trinajstić information content (AvgIpc) is 2.54. The van der Waals surface area contributed by atoms with Crippen molar-refractivity contribution >= 4 is 11.7 Å². The summed E-state index contributed by atoms with van der Waals surface area (Å²) >= 11 is 0. The van der Waals surface area contributed by atoms with Gasteiger partial charge in [0, 0.05) is 39.3 Å². The van der Waals surface area contributed by atoms with Gasteiger partial charge in [0.05, 0.1) is 12.4 Å². The van der Waals surface area contributed by atoms with Crippen molar-refractivity contribution in [3.63, 3.8) is 0 Å². The van der Waals surface area contributed by atoms with Crippen LogP contribution in [0.2, 0.25) is 0 Å². The van der Waals surface area contributed by atoms with E-state index in [1.165, 1.54) is 0 Å². The number of piperazine rings is 1. The van der Waals surface area contributed by atoms with E-state index >= 15 is 0 Å². The Morgan fingerprint density at radius 1 is 1.23 bits per heavy atom. The summed E-state index contributed by atoms with van der Waals surface area (Å²) in [5, 5.41) is 3.19. The lowest BCUT2D eigenvalue weighted by atomic mass is 10.3. The molecule has 2 rings (SSSR count). The van der Waals surface area contributed by atoms with E-state index in [-0.39, 0.29) is 5.91 Å². The fraction of sp³-hybridized carbons (Fsp3) is 0.667. The minimum Gasteiger partial charge on any atom is -0.368 e. The van der Waals surface area contributed by atoms with Gasteiger partial charge < -0.3 is 20.0 Å². The number of hydrogen-bond donors (Lipinski definition) is 1. The second-order valence-electron chi connectivity index (χ2n) is 5.74. The van der Waals surface area contributed by atoms with Gasteiger partial charge in [0.1, 0.15) is 11.5 Å². The second-order valence-corrected chi connectivity index (χ2v) is 5.74. The van der Waals surface area contributed by atoms with Crippen molar-refractivity contribution in [3.05, 3.63) is 18.1 Å². The fourth-order valence-corrected chi connectivity index (χ4v) is 2.37. The first-order valence-electron chi connectivity index (χ1n) is 7.82. The number of carbonyl (C=O) groups is 1. The van der Waals surface area contributed by atoms with Crippen molar-refractivity contribution in [3.8, 4) is 0 Å². The maximum Gasteiger partial charge on any atom is 0.274 e. The third-order valence-corrected chi connectivity index (χ3v) is 3.84. The number of rotatable bonds is 6. The number of anilines is 1. The molecule has 122 valence electrons. The largest absolute Gasteiger partial charge is 0.368 e. The number of hydrogen-bond acceptors (Lipinski definition) is 6. The Balaban J connectivity index is 1.86. The zero-order valence-electron chi connectivity index (χ0n) is 13.7. The predicted molar refractivity (Wildman–Crippen MR) is 87.1 cm³/mol. The smallest absolute Gasteiger partial charge is 0.274 e. The topological polar surface area (TPSA) is 64.6 Å². The van der Waals surface area contributed by atoms with E-state index in [1.54, 1.807) is 12.4 Å². The van der Waals surface area contributed by atoms with Crippen LogP contribution in [0.15, 0.2) is 12.4 Å². The van der Waals surface area contributed by atoms with Crippen LogP contribution in [-0.4, -0.2) is 90.5 Å². The first-order valence-corrected chi connectivity index (χ1v) is 7.82. The minimum atomic E-state index is -0.0249. The monoisotopic (exact) mass is 306 g/mol. The Labute approximate surface area is 132 Å². The first-order chi connectivity index (χ1) is 10.6. The predicted octanol–water partition coefficient (Wildman–Crippen LogP) is 0.228. The maximum absolute atomic E-state index is 12.4. The van der Waals surface area contributed by atoms with Crippen molar-refractivity contribution in [2.75, 3.05) is 65.2 Å². The van der Waals surface area contributed by atoms with E-state index in [1.807, 2.05) is 19.0 Å². The van der Waals surface area contributed by atoms with Crippen LogP contribution in [-0.2, 0) is 0 Å². The molecule has 1 aromatic heterocycles. The maximum atomic E-state index is 12.4. The Morgan fingerprint density at radius 2 is 1.95 bits per heavy atom. The van der Waals surface area contributed by atoms with Gasteiger partial charge in [-0.3, -0.25) is 4.79 Å². The third-order valence-electron chi connectivity index (χ3n) is 3.84. The van der Waals surface area contributed by atoms with Crippen LogP contribution in [0.25, 0.3) is 0 Å². The summed E-state index contributed by atoms with van der Waals surface area (Å²) in [7, 11) is 4.04. The number of nitrogens with one attached hydrogen (secondary N) is 1. The molecule has 1 aliphatic heterocycles. The van der Waals surface area contributed by atoms with Crippen LogP contribution < -0.4 is 5.32 Å². The van der Waals surface area contributed by atoms with Gasteiger partial charge in [0.2, 0.25) is 0 Å². The Morgan fingerprint density at radius 3 is 2.50 bits per heavy atom. The van der Waals surface area contributed by atoms with Gasteiger partial charge in [-0.05, 0) is 20.6 Å². The molecular weight excluding hydrogens is 280 g/mol. The Bertz CT molecular complexity index is 467. The molecule has 1 aliphatic rings. The lowest BCUT2D eigenvalue weighted by molar-refractivity contribution is 0.0637. The summed E-state index contributed by atoms with van der Waals surface area (Å²) < 4.78 is 0. The first kappa shape index (κ1) is 16.6. The molecule has 1 N–H and O–H groups in total. The van der Waals surface area contributed by atoms with Gasteiger partial charge in [0.25, 0.3) is 5.91 Å². The van der Waals surface area contributed by atoms with Crippen LogP contribution in [0, 0.1) is 0 Å². The molecule has 1 saturated heterocycles. The molecule has 0 saturated carbocycles. The Kier molecular flexibility index (Phi) is 6.09. The lowest BCUT2D eigenvalue weighted by Crippen LogP contribution is -2.48. The van der Waals surface area contributed by atoms with Crippen LogP contribution in [0.4, 0.5) is 5.82 Å². The van der Waals surface area contributed by atoms with Gasteiger partial charge in [-0.1, -0.05) is 6.92 Å². The molecule has 0 radical (unpaired) electrons. The molecule has 0 spiro atoms. The van der Waals surface area contributed by atoms with Gasteiger partial charge in [-0.15, -0.1) is 0 Å². The molecule has 0 unspecified atom stereocenters. The molecule has 7 nitrogen and oxygen atoms in total. The van der Waals surface area contributed by atoms with E-state index in [2.05, 4.69) is 32.0 Å². The standard InChI is InChI=1S/C15H26N6O/c1-4-20-7-9-21(10-8-20)15(22)13-11-18-14(12-17-13)16-5-6-19(2)3/h11-12H,4-10H2,1-3H3,(H,16,18). The summed E-state index contributed by atoms with van der Waals surface area (Å²) in [4.78, 5) is 27.2. The zero-order valence-corrected chi connectivity index (χ0v) is 13.7. The second kappa shape index (κ2) is 8.05. The summed E-state index contributed by atoms with van der Waals surface area (Å²) in [5.41, 5.74) is 0.420. The zero-order chi connectivity index (χ0) is 15.9. The summed E-state index contributed by atoms with van der Waals surface area (Å²) in [6.45, 7) is 8.28. The molecule has 1 fully saturated rings. The van der Waals surface area contributed by atoms with Crippen molar-refractivity contribution in [1.29, 1.82) is 0 Å². The quantitative estimate of drug-likeness (QED) is 0.811. The van der Waals surface area contributed by atoms with Gasteiger partial charge >= 0.3 is 0 Å². The van der Waals surface area contributed by atoms with E-state index in [9.17, 15) is 4.79 Å². The molecule has 7 heteroatoms. The van der Waals surface area contributed by atoms with Crippen molar-refractivity contribution < 1.29 is 4.79 Å². The highest BCUT2D eigenvalue weighted by Crippen LogP contribution is 2.08. The van der Waals surface area contributed by atoms with Gasteiger partial charge in [-0.25, -0.2) is 9.97 Å². The molecule has 1 amide bonds. The molecule has 1 aromatic rings. The third kappa shape index (κ3) is 4.64. The summed E-state index contributed by atoms with van der Waals surface area (Å²) in [5.74, 6) is 0.678. The number of amides is 1. The van der Waals surface area contributed by atoms with Crippen molar-refractivity contribution in [2.45, 2.75) is 6.92 Å². The van der Waals surface area contributed by atoms with Gasteiger partial charge in [0.15, 0.2) is 0 Å². The highest BCUT2D eigenvalue weighted by atomic mass is 16.2. The molecule has 0 aliphatic carbocycles. The van der Waals surface area contributed by atoms with Gasteiger partial charge in [-0.2, -0.15) is 0 Å². The van der Waals surface area contributed by atoms with Crippen LogP contribution in [0.5, 0.6) is 0 Å². The number of carbonyl (C=O) groups excluding carboxylic acids is 1. The SMILES string of the molecule is CCN1CCN(C(=O)c2cnc(NCCN(C)C)cn2)CC1. The molecule has 0 aromatic carbocycles. The molecule has 0 atom stereocenters. The fourth-order valence-electron chi connectivity index (χ4n) is 2.37. The minimum absolute atomic E-state index is 0.0249. The summed E-state index contributed by atoms with van der Waals surface area (Å²) in [6.07, 6.45) is 3.19. The Hall–Kier alpha value is -1.73. The summed E-state index contributed by atoms with van der Waals surface area (Å²) in [6, 6.07) is 0. The lowest BCUT2D eigenvalue weighted by Gasteiger charge is -2.33. The number of nitrogens with zero attached hydrogens (tertiary/aromatic N) is 5. The molecule has 2 heterocycles. The van der Waals surface area contributed by atoms with Crippen LogP contribution >= 0.6 is 0 Å². The van der Waals surface area contributed by atoms with Crippen LogP contribution in [0.3, 0.4) is 0 Å². The van der Waals surface area contributed by atoms with E-state index in [0.717, 1.165) is 45.8 Å². The van der Waals surface area contributed by atoms with E-state index in [0.29, 0.717) is 11.5 Å². The van der Waals surface area contributed by atoms with E-state index < -0.39 is 0 Å². The van der Waals surface area contributed by atoms with Crippen LogP contribution in [0.1, 0.15) is 17.4 Å². The van der Waals surface area contributed by atoms with Crippen molar-refractivity contribution in [2.24, 2.45) is 0 Å². The van der Waals surface area contributed by atoms with Crippen molar-refractivity contribution in [1.82, 2.24) is 24.7 Å². The molecule has 22 heavy (non-hydrogen) atoms. The number of likely N-dealkylation sites (N-methyl/N-ethyl adjacent to an activating group) is 2. The molecule has 0 bridgehead atoms. The van der Waals surface area contributed by atoms with E-state index in [4.69, 9.17) is 0 Å². The number of aromatic nitrogens is 2. The normalized spacial score (nSPS) is 16.1. The average molecular weight is 306 g/mol. The molecular formula is C15H26N6O. The highest BCUT2D eigenvalue weighted by Gasteiger charge is 2.22.